The number of thiophene rings is 1. The van der Waals surface area contributed by atoms with E-state index >= 15 is 0 Å². The van der Waals surface area contributed by atoms with E-state index in [0.717, 1.165) is 5.75 Å². The minimum atomic E-state index is 0.478. The van der Waals surface area contributed by atoms with Crippen molar-refractivity contribution in [2.45, 2.75) is 69.3 Å². The predicted molar refractivity (Wildman–Crippen MR) is 135 cm³/mol. The first-order valence-corrected chi connectivity index (χ1v) is 12.7. The molecular formula is C27H31NS2. The van der Waals surface area contributed by atoms with Gasteiger partial charge in [0.2, 0.25) is 0 Å². The summed E-state index contributed by atoms with van der Waals surface area (Å²) in [5, 5.41) is 2.68. The fourth-order valence-corrected chi connectivity index (χ4v) is 7.05. The van der Waals surface area contributed by atoms with Gasteiger partial charge < -0.3 is 0 Å². The first kappa shape index (κ1) is 21.4. The minimum absolute atomic E-state index is 0.478. The normalized spacial score (nSPS) is 12.2. The van der Waals surface area contributed by atoms with Gasteiger partial charge >= 0.3 is 0 Å². The molecular weight excluding hydrogens is 402 g/mol. The molecule has 1 nitrogen and oxygen atoms in total. The molecule has 30 heavy (non-hydrogen) atoms. The van der Waals surface area contributed by atoms with Crippen molar-refractivity contribution in [1.82, 2.24) is 4.98 Å². The van der Waals surface area contributed by atoms with Crippen molar-refractivity contribution in [3.8, 4) is 0 Å². The third kappa shape index (κ3) is 4.02. The second-order valence-corrected chi connectivity index (χ2v) is 11.3. The molecule has 0 saturated heterocycles. The number of nitrogens with zero attached hydrogens (tertiary/aromatic N) is 1. The summed E-state index contributed by atoms with van der Waals surface area (Å²) in [6.45, 7) is 13.7. The van der Waals surface area contributed by atoms with Crippen LogP contribution in [-0.2, 0) is 5.75 Å². The fourth-order valence-electron chi connectivity index (χ4n) is 4.32. The van der Waals surface area contributed by atoms with Gasteiger partial charge in [-0.25, -0.2) is 0 Å². The van der Waals surface area contributed by atoms with Crippen molar-refractivity contribution in [3.05, 3.63) is 70.9 Å². The SMILES string of the molecule is CC(C)c1ccc2cc(CSc3sc4ccccc4c3C(C)C)cnc2c1C(C)C. The number of rotatable bonds is 6. The van der Waals surface area contributed by atoms with Crippen molar-refractivity contribution in [1.29, 1.82) is 0 Å². The van der Waals surface area contributed by atoms with Crippen LogP contribution < -0.4 is 0 Å². The van der Waals surface area contributed by atoms with Crippen LogP contribution in [0.5, 0.6) is 0 Å². The van der Waals surface area contributed by atoms with E-state index in [1.165, 1.54) is 47.5 Å². The Kier molecular flexibility index (Phi) is 6.22. The molecule has 0 aliphatic heterocycles. The smallest absolute Gasteiger partial charge is 0.0739 e. The average Bonchev–Trinajstić information content (AvgIpc) is 3.09. The highest BCUT2D eigenvalue weighted by Crippen LogP contribution is 2.43. The summed E-state index contributed by atoms with van der Waals surface area (Å²) in [7, 11) is 0. The first-order chi connectivity index (χ1) is 14.4. The fraction of sp³-hybridized carbons (Fsp3) is 0.370. The monoisotopic (exact) mass is 433 g/mol. The Balaban J connectivity index is 1.66. The average molecular weight is 434 g/mol. The summed E-state index contributed by atoms with van der Waals surface area (Å²) < 4.78 is 2.84. The summed E-state index contributed by atoms with van der Waals surface area (Å²) >= 11 is 3.89. The molecule has 0 atom stereocenters. The Labute approximate surface area is 188 Å². The van der Waals surface area contributed by atoms with Crippen molar-refractivity contribution in [2.24, 2.45) is 0 Å². The maximum Gasteiger partial charge on any atom is 0.0739 e. The molecule has 156 valence electrons. The number of fused-ring (bicyclic) bond motifs is 2. The lowest BCUT2D eigenvalue weighted by atomic mass is 9.88. The van der Waals surface area contributed by atoms with Gasteiger partial charge in [0.05, 0.1) is 9.73 Å². The lowest BCUT2D eigenvalue weighted by Gasteiger charge is -2.18. The van der Waals surface area contributed by atoms with E-state index in [0.29, 0.717) is 17.8 Å². The number of aromatic nitrogens is 1. The molecule has 0 fully saturated rings. The quantitative estimate of drug-likeness (QED) is 0.281. The Morgan fingerprint density at radius 1 is 0.867 bits per heavy atom. The zero-order valence-electron chi connectivity index (χ0n) is 18.8. The molecule has 4 rings (SSSR count). The van der Waals surface area contributed by atoms with Gasteiger partial charge in [0, 0.05) is 22.0 Å². The van der Waals surface area contributed by atoms with Crippen LogP contribution in [0.3, 0.4) is 0 Å². The van der Waals surface area contributed by atoms with E-state index in [2.05, 4.69) is 90.2 Å². The Morgan fingerprint density at radius 2 is 1.60 bits per heavy atom. The highest BCUT2D eigenvalue weighted by atomic mass is 32.2. The topological polar surface area (TPSA) is 12.9 Å². The summed E-state index contributed by atoms with van der Waals surface area (Å²) in [6, 6.07) is 15.7. The van der Waals surface area contributed by atoms with Crippen LogP contribution in [0.2, 0.25) is 0 Å². The maximum atomic E-state index is 4.95. The highest BCUT2D eigenvalue weighted by molar-refractivity contribution is 8.00. The molecule has 0 spiro atoms. The number of benzene rings is 2. The molecule has 2 heterocycles. The Hall–Kier alpha value is -1.84. The first-order valence-electron chi connectivity index (χ1n) is 10.9. The summed E-state index contributed by atoms with van der Waals surface area (Å²) in [5.74, 6) is 2.48. The molecule has 2 aromatic heterocycles. The van der Waals surface area contributed by atoms with Gasteiger partial charge in [-0.1, -0.05) is 71.9 Å². The van der Waals surface area contributed by atoms with Gasteiger partial charge in [0.25, 0.3) is 0 Å². The van der Waals surface area contributed by atoms with E-state index in [1.807, 2.05) is 23.1 Å². The van der Waals surface area contributed by atoms with Crippen molar-refractivity contribution < 1.29 is 0 Å². The molecule has 4 aromatic rings. The van der Waals surface area contributed by atoms with Crippen LogP contribution in [0.4, 0.5) is 0 Å². The molecule has 0 bridgehead atoms. The molecule has 0 unspecified atom stereocenters. The minimum Gasteiger partial charge on any atom is -0.256 e. The highest BCUT2D eigenvalue weighted by Gasteiger charge is 2.17. The molecule has 0 saturated carbocycles. The molecule has 3 heteroatoms. The molecule has 2 aromatic carbocycles. The summed E-state index contributed by atoms with van der Waals surface area (Å²) in [5.41, 5.74) is 6.81. The van der Waals surface area contributed by atoms with Gasteiger partial charge in [-0.3, -0.25) is 4.98 Å². The molecule has 0 aliphatic rings. The van der Waals surface area contributed by atoms with Crippen molar-refractivity contribution in [2.75, 3.05) is 0 Å². The lowest BCUT2D eigenvalue weighted by molar-refractivity contribution is 0.795. The summed E-state index contributed by atoms with van der Waals surface area (Å²) in [6.07, 6.45) is 2.09. The number of hydrogen-bond acceptors (Lipinski definition) is 3. The number of pyridine rings is 1. The van der Waals surface area contributed by atoms with E-state index in [1.54, 1.807) is 0 Å². The van der Waals surface area contributed by atoms with E-state index in [-0.39, 0.29) is 0 Å². The zero-order chi connectivity index (χ0) is 21.4. The van der Waals surface area contributed by atoms with Crippen LogP contribution in [0.25, 0.3) is 21.0 Å². The zero-order valence-corrected chi connectivity index (χ0v) is 20.5. The van der Waals surface area contributed by atoms with E-state index in [4.69, 9.17) is 4.98 Å². The van der Waals surface area contributed by atoms with Crippen molar-refractivity contribution >= 4 is 44.1 Å². The summed E-state index contributed by atoms with van der Waals surface area (Å²) in [4.78, 5) is 4.95. The standard InChI is InChI=1S/C27H31NS2/c1-16(2)21-12-11-20-13-19(14-28-26(20)24(21)17(3)4)15-29-27-25(18(5)6)22-9-7-8-10-23(22)30-27/h7-14,16-18H,15H2,1-6H3. The molecule has 0 aliphatic carbocycles. The third-order valence-electron chi connectivity index (χ3n) is 5.73. The maximum absolute atomic E-state index is 4.95. The predicted octanol–water partition coefficient (Wildman–Crippen LogP) is 9.11. The van der Waals surface area contributed by atoms with Gasteiger partial charge in [-0.15, -0.1) is 23.1 Å². The number of thioether (sulfide) groups is 1. The second-order valence-electron chi connectivity index (χ2n) is 9.04. The van der Waals surface area contributed by atoms with E-state index in [9.17, 15) is 0 Å². The van der Waals surface area contributed by atoms with Crippen molar-refractivity contribution in [3.63, 3.8) is 0 Å². The lowest BCUT2D eigenvalue weighted by Crippen LogP contribution is -2.01. The third-order valence-corrected chi connectivity index (χ3v) is 8.27. The van der Waals surface area contributed by atoms with E-state index < -0.39 is 0 Å². The van der Waals surface area contributed by atoms with Gasteiger partial charge in [0.15, 0.2) is 0 Å². The van der Waals surface area contributed by atoms with Crippen LogP contribution >= 0.6 is 23.1 Å². The Bertz CT molecular complexity index is 1180. The number of hydrogen-bond donors (Lipinski definition) is 0. The molecule has 0 N–H and O–H groups in total. The van der Waals surface area contributed by atoms with Gasteiger partial charge in [-0.2, -0.15) is 0 Å². The van der Waals surface area contributed by atoms with Crippen LogP contribution in [0.15, 0.2) is 52.9 Å². The van der Waals surface area contributed by atoms with Gasteiger partial charge in [0.1, 0.15) is 0 Å². The Morgan fingerprint density at radius 3 is 2.30 bits per heavy atom. The van der Waals surface area contributed by atoms with Crippen LogP contribution in [0, 0.1) is 0 Å². The second kappa shape index (κ2) is 8.72. The van der Waals surface area contributed by atoms with Crippen LogP contribution in [-0.4, -0.2) is 4.98 Å². The largest absolute Gasteiger partial charge is 0.256 e. The van der Waals surface area contributed by atoms with Crippen LogP contribution in [0.1, 0.15) is 81.5 Å². The molecule has 0 amide bonds. The van der Waals surface area contributed by atoms with Gasteiger partial charge in [-0.05, 0) is 57.5 Å². The molecule has 0 radical (unpaired) electrons.